The van der Waals surface area contributed by atoms with E-state index in [9.17, 15) is 19.8 Å². The molecule has 8 nitrogen and oxygen atoms in total. The topological polar surface area (TPSA) is 116 Å². The maximum Gasteiger partial charge on any atom is 0.255 e. The van der Waals surface area contributed by atoms with Crippen LogP contribution in [0.4, 0.5) is 0 Å². The quantitative estimate of drug-likeness (QED) is 0.429. The number of hydrogen-bond acceptors (Lipinski definition) is 6. The Bertz CT molecular complexity index is 1220. The highest BCUT2D eigenvalue weighted by Crippen LogP contribution is 2.32. The third-order valence-electron chi connectivity index (χ3n) is 5.72. The highest BCUT2D eigenvalue weighted by molar-refractivity contribution is 6.33. The summed E-state index contributed by atoms with van der Waals surface area (Å²) in [4.78, 5) is 35.6. The zero-order chi connectivity index (χ0) is 24.4. The molecule has 0 fully saturated rings. The van der Waals surface area contributed by atoms with Crippen molar-refractivity contribution in [2.45, 2.75) is 31.7 Å². The number of hydrogen-bond donors (Lipinski definition) is 3. The second kappa shape index (κ2) is 10.1. The van der Waals surface area contributed by atoms with Crippen LogP contribution >= 0.6 is 23.2 Å². The lowest BCUT2D eigenvalue weighted by Crippen LogP contribution is -2.51. The van der Waals surface area contributed by atoms with E-state index in [0.29, 0.717) is 27.9 Å². The van der Waals surface area contributed by atoms with Gasteiger partial charge in [0.25, 0.3) is 5.91 Å². The minimum absolute atomic E-state index is 0.0240. The van der Waals surface area contributed by atoms with Crippen molar-refractivity contribution in [3.63, 3.8) is 0 Å². The van der Waals surface area contributed by atoms with Gasteiger partial charge in [-0.3, -0.25) is 9.59 Å². The van der Waals surface area contributed by atoms with Gasteiger partial charge in [0, 0.05) is 17.7 Å². The predicted molar refractivity (Wildman–Crippen MR) is 127 cm³/mol. The maximum atomic E-state index is 13.2. The van der Waals surface area contributed by atoms with Crippen LogP contribution in [-0.4, -0.2) is 55.6 Å². The molecule has 3 aromatic rings. The van der Waals surface area contributed by atoms with Crippen LogP contribution in [0.5, 0.6) is 0 Å². The number of carbonyl (C=O) groups excluding carboxylic acids is 2. The molecular formula is C24H22Cl2N4O4. The van der Waals surface area contributed by atoms with Crippen molar-refractivity contribution in [1.82, 2.24) is 20.2 Å². The number of carbonyl (C=O) groups is 2. The van der Waals surface area contributed by atoms with Crippen molar-refractivity contribution >= 4 is 35.0 Å². The minimum atomic E-state index is -1.13. The standard InChI is InChI=1S/C24H22Cl2N4O4/c1-13(32)20(14-5-3-2-4-6-14)28-22(33)19(12-31)30-11-16-8-7-15(9-17(16)23(30)34)21-18(25)10-27-24(26)29-21/h2-10,13,19-20,31-32H,11-12H2,1H3,(H,28,33)/t13-,19+,20+/m0/s1. The lowest BCUT2D eigenvalue weighted by atomic mass is 10.0. The van der Waals surface area contributed by atoms with E-state index >= 15 is 0 Å². The predicted octanol–water partition coefficient (Wildman–Crippen LogP) is 3.01. The van der Waals surface area contributed by atoms with Gasteiger partial charge in [-0.25, -0.2) is 9.97 Å². The van der Waals surface area contributed by atoms with Gasteiger partial charge >= 0.3 is 0 Å². The number of rotatable bonds is 7. The zero-order valence-electron chi connectivity index (χ0n) is 18.2. The van der Waals surface area contributed by atoms with Crippen molar-refractivity contribution in [1.29, 1.82) is 0 Å². The number of aliphatic hydroxyl groups is 2. The number of amides is 2. The van der Waals surface area contributed by atoms with Crippen molar-refractivity contribution in [2.75, 3.05) is 6.61 Å². The molecule has 4 rings (SSSR count). The lowest BCUT2D eigenvalue weighted by Gasteiger charge is -2.29. The minimum Gasteiger partial charge on any atom is -0.394 e. The molecule has 2 aromatic carbocycles. The molecule has 34 heavy (non-hydrogen) atoms. The van der Waals surface area contributed by atoms with E-state index in [1.165, 1.54) is 11.1 Å². The van der Waals surface area contributed by atoms with E-state index in [4.69, 9.17) is 23.2 Å². The fourth-order valence-electron chi connectivity index (χ4n) is 3.99. The van der Waals surface area contributed by atoms with E-state index in [1.54, 1.807) is 49.4 Å². The van der Waals surface area contributed by atoms with Crippen LogP contribution in [0.25, 0.3) is 11.3 Å². The summed E-state index contributed by atoms with van der Waals surface area (Å²) in [6.07, 6.45) is 0.495. The van der Waals surface area contributed by atoms with Crippen LogP contribution in [0, 0.1) is 0 Å². The number of halogens is 2. The summed E-state index contributed by atoms with van der Waals surface area (Å²) in [5, 5.41) is 23.3. The SMILES string of the molecule is C[C@H](O)[C@@H](NC(=O)[C@@H](CO)N1Cc2ccc(-c3nc(Cl)ncc3Cl)cc2C1=O)c1ccccc1. The molecule has 0 bridgehead atoms. The summed E-state index contributed by atoms with van der Waals surface area (Å²) < 4.78 is 0. The average molecular weight is 501 g/mol. The molecule has 3 atom stereocenters. The number of aromatic nitrogens is 2. The van der Waals surface area contributed by atoms with Crippen LogP contribution in [0.3, 0.4) is 0 Å². The van der Waals surface area contributed by atoms with Crippen LogP contribution in [-0.2, 0) is 11.3 Å². The van der Waals surface area contributed by atoms with Crippen LogP contribution < -0.4 is 5.32 Å². The summed E-state index contributed by atoms with van der Waals surface area (Å²) in [6, 6.07) is 12.3. The first-order valence-corrected chi connectivity index (χ1v) is 11.3. The largest absolute Gasteiger partial charge is 0.394 e. The summed E-state index contributed by atoms with van der Waals surface area (Å²) in [5.74, 6) is -0.972. The molecule has 3 N–H and O–H groups in total. The molecule has 10 heteroatoms. The zero-order valence-corrected chi connectivity index (χ0v) is 19.7. The van der Waals surface area contributed by atoms with Gasteiger partial charge in [0.15, 0.2) is 0 Å². The van der Waals surface area contributed by atoms with Crippen LogP contribution in [0.2, 0.25) is 10.3 Å². The number of aliphatic hydroxyl groups excluding tert-OH is 2. The van der Waals surface area contributed by atoms with E-state index in [-0.39, 0.29) is 16.9 Å². The Morgan fingerprint density at radius 1 is 1.21 bits per heavy atom. The Balaban J connectivity index is 1.57. The monoisotopic (exact) mass is 500 g/mol. The smallest absolute Gasteiger partial charge is 0.255 e. The first-order valence-electron chi connectivity index (χ1n) is 10.6. The van der Waals surface area contributed by atoms with Gasteiger partial charge in [0.1, 0.15) is 6.04 Å². The second-order valence-corrected chi connectivity index (χ2v) is 8.72. The van der Waals surface area contributed by atoms with E-state index in [0.717, 1.165) is 0 Å². The summed E-state index contributed by atoms with van der Waals surface area (Å²) in [7, 11) is 0. The molecule has 1 aliphatic rings. The van der Waals surface area contributed by atoms with Crippen molar-refractivity contribution in [3.05, 3.63) is 81.7 Å². The molecule has 2 heterocycles. The molecule has 0 radical (unpaired) electrons. The highest BCUT2D eigenvalue weighted by atomic mass is 35.5. The van der Waals surface area contributed by atoms with E-state index < -0.39 is 36.6 Å². The number of fused-ring (bicyclic) bond motifs is 1. The van der Waals surface area contributed by atoms with Crippen molar-refractivity contribution in [3.8, 4) is 11.3 Å². The third kappa shape index (κ3) is 4.76. The summed E-state index contributed by atoms with van der Waals surface area (Å²) >= 11 is 12.1. The molecule has 2 amide bonds. The molecular weight excluding hydrogens is 479 g/mol. The summed E-state index contributed by atoms with van der Waals surface area (Å²) in [5.41, 5.74) is 2.75. The van der Waals surface area contributed by atoms with E-state index in [2.05, 4.69) is 15.3 Å². The maximum absolute atomic E-state index is 13.2. The Morgan fingerprint density at radius 3 is 2.62 bits per heavy atom. The molecule has 0 unspecified atom stereocenters. The number of nitrogens with one attached hydrogen (secondary N) is 1. The Morgan fingerprint density at radius 2 is 1.94 bits per heavy atom. The van der Waals surface area contributed by atoms with Crippen molar-refractivity contribution < 1.29 is 19.8 Å². The Labute approximate surface area is 206 Å². The van der Waals surface area contributed by atoms with Gasteiger partial charge in [-0.05, 0) is 35.7 Å². The lowest BCUT2D eigenvalue weighted by molar-refractivity contribution is -0.128. The first kappa shape index (κ1) is 24.1. The molecule has 0 saturated carbocycles. The van der Waals surface area contributed by atoms with Gasteiger partial charge in [-0.1, -0.05) is 54.1 Å². The third-order valence-corrected chi connectivity index (χ3v) is 6.18. The highest BCUT2D eigenvalue weighted by Gasteiger charge is 2.37. The second-order valence-electron chi connectivity index (χ2n) is 7.98. The first-order chi connectivity index (χ1) is 16.3. The molecule has 176 valence electrons. The van der Waals surface area contributed by atoms with Crippen LogP contribution in [0.1, 0.15) is 34.5 Å². The normalized spacial score (nSPS) is 15.6. The average Bonchev–Trinajstić information content (AvgIpc) is 3.15. The number of nitrogens with zero attached hydrogens (tertiary/aromatic N) is 3. The number of benzene rings is 2. The van der Waals surface area contributed by atoms with Gasteiger partial charge in [-0.15, -0.1) is 0 Å². The van der Waals surface area contributed by atoms with E-state index in [1.807, 2.05) is 6.07 Å². The van der Waals surface area contributed by atoms with Gasteiger partial charge in [-0.2, -0.15) is 0 Å². The van der Waals surface area contributed by atoms with Gasteiger partial charge in [0.2, 0.25) is 11.2 Å². The van der Waals surface area contributed by atoms with Gasteiger partial charge < -0.3 is 20.4 Å². The molecule has 0 saturated heterocycles. The fraction of sp³-hybridized carbons (Fsp3) is 0.250. The summed E-state index contributed by atoms with van der Waals surface area (Å²) in [6.45, 7) is 1.14. The molecule has 1 aliphatic heterocycles. The van der Waals surface area contributed by atoms with Gasteiger partial charge in [0.05, 0.1) is 35.7 Å². The fourth-order valence-corrected chi connectivity index (χ4v) is 4.32. The Hall–Kier alpha value is -3.04. The molecule has 0 aliphatic carbocycles. The molecule has 0 spiro atoms. The Kier molecular flexibility index (Phi) is 7.13. The molecule has 1 aromatic heterocycles. The van der Waals surface area contributed by atoms with Crippen molar-refractivity contribution in [2.24, 2.45) is 0 Å². The van der Waals surface area contributed by atoms with Crippen LogP contribution in [0.15, 0.2) is 54.7 Å².